The standard InChI is InChI=1S/C19H22ClN3O3S/c1-12-2-9-16(10-17(12)27(21,25)26)23-18(24)11-22-19(13-3-4-13)14-5-7-15(20)8-6-14/h2,5-10,13,19,22H,3-4,11H2,1H3,(H,23,24)(H2,21,25,26). The van der Waals surface area contributed by atoms with Gasteiger partial charge in [-0.05, 0) is 61.1 Å². The predicted molar refractivity (Wildman–Crippen MR) is 106 cm³/mol. The van der Waals surface area contributed by atoms with Gasteiger partial charge in [-0.1, -0.05) is 29.8 Å². The molecule has 0 aliphatic heterocycles. The molecule has 0 bridgehead atoms. The van der Waals surface area contributed by atoms with Crippen molar-refractivity contribution in [3.05, 3.63) is 58.6 Å². The molecular weight excluding hydrogens is 386 g/mol. The van der Waals surface area contributed by atoms with Gasteiger partial charge in [0.2, 0.25) is 15.9 Å². The van der Waals surface area contributed by atoms with E-state index in [2.05, 4.69) is 10.6 Å². The van der Waals surface area contributed by atoms with Gasteiger partial charge in [-0.15, -0.1) is 0 Å². The Bertz CT molecular complexity index is 941. The van der Waals surface area contributed by atoms with Gasteiger partial charge in [0.1, 0.15) is 0 Å². The summed E-state index contributed by atoms with van der Waals surface area (Å²) in [7, 11) is -3.84. The molecule has 1 saturated carbocycles. The van der Waals surface area contributed by atoms with Crippen LogP contribution in [0.15, 0.2) is 47.4 Å². The van der Waals surface area contributed by atoms with E-state index in [9.17, 15) is 13.2 Å². The van der Waals surface area contributed by atoms with Crippen molar-refractivity contribution in [3.63, 3.8) is 0 Å². The number of halogens is 1. The van der Waals surface area contributed by atoms with E-state index in [1.807, 2.05) is 24.3 Å². The first-order valence-corrected chi connectivity index (χ1v) is 10.6. The molecule has 0 radical (unpaired) electrons. The molecule has 1 amide bonds. The van der Waals surface area contributed by atoms with Crippen LogP contribution >= 0.6 is 11.6 Å². The van der Waals surface area contributed by atoms with Gasteiger partial charge in [0.25, 0.3) is 0 Å². The minimum absolute atomic E-state index is 0.00489. The molecule has 1 aliphatic rings. The lowest BCUT2D eigenvalue weighted by molar-refractivity contribution is -0.115. The number of nitrogens with one attached hydrogen (secondary N) is 2. The Morgan fingerprint density at radius 3 is 2.48 bits per heavy atom. The lowest BCUT2D eigenvalue weighted by Gasteiger charge is -2.19. The highest BCUT2D eigenvalue weighted by atomic mass is 35.5. The number of sulfonamides is 1. The summed E-state index contributed by atoms with van der Waals surface area (Å²) in [6.45, 7) is 1.77. The number of benzene rings is 2. The van der Waals surface area contributed by atoms with Crippen molar-refractivity contribution in [2.24, 2.45) is 11.1 Å². The summed E-state index contributed by atoms with van der Waals surface area (Å²) in [5, 5.41) is 11.9. The highest BCUT2D eigenvalue weighted by molar-refractivity contribution is 7.89. The molecule has 27 heavy (non-hydrogen) atoms. The number of primary sulfonamides is 1. The number of carbonyl (C=O) groups is 1. The van der Waals surface area contributed by atoms with E-state index in [4.69, 9.17) is 16.7 Å². The van der Waals surface area contributed by atoms with E-state index in [1.54, 1.807) is 19.1 Å². The van der Waals surface area contributed by atoms with Gasteiger partial charge in [-0.3, -0.25) is 4.79 Å². The molecule has 2 aromatic rings. The minimum Gasteiger partial charge on any atom is -0.325 e. The van der Waals surface area contributed by atoms with Crippen LogP contribution in [-0.4, -0.2) is 20.9 Å². The highest BCUT2D eigenvalue weighted by Gasteiger charge is 2.32. The number of hydrogen-bond acceptors (Lipinski definition) is 4. The Morgan fingerprint density at radius 2 is 1.89 bits per heavy atom. The molecule has 6 nitrogen and oxygen atoms in total. The third-order valence-electron chi connectivity index (χ3n) is 4.58. The Labute approximate surface area is 164 Å². The maximum absolute atomic E-state index is 12.3. The molecule has 0 saturated heterocycles. The summed E-state index contributed by atoms with van der Waals surface area (Å²) in [5.41, 5.74) is 2.03. The fourth-order valence-electron chi connectivity index (χ4n) is 3.05. The third kappa shape index (κ3) is 5.29. The van der Waals surface area contributed by atoms with Gasteiger partial charge in [0, 0.05) is 16.8 Å². The maximum Gasteiger partial charge on any atom is 0.238 e. The van der Waals surface area contributed by atoms with Crippen molar-refractivity contribution in [1.29, 1.82) is 0 Å². The number of nitrogens with two attached hydrogens (primary N) is 1. The number of amides is 1. The monoisotopic (exact) mass is 407 g/mol. The van der Waals surface area contributed by atoms with Gasteiger partial charge in [-0.25, -0.2) is 13.6 Å². The molecule has 8 heteroatoms. The second-order valence-corrected chi connectivity index (χ2v) is 8.79. The summed E-state index contributed by atoms with van der Waals surface area (Å²) < 4.78 is 23.2. The van der Waals surface area contributed by atoms with Crippen molar-refractivity contribution >= 4 is 33.2 Å². The van der Waals surface area contributed by atoms with Crippen LogP contribution in [0.25, 0.3) is 0 Å². The molecule has 4 N–H and O–H groups in total. The molecule has 1 aliphatic carbocycles. The zero-order chi connectivity index (χ0) is 19.6. The van der Waals surface area contributed by atoms with Crippen molar-refractivity contribution in [2.45, 2.75) is 30.7 Å². The summed E-state index contributed by atoms with van der Waals surface area (Å²) in [6, 6.07) is 12.3. The van der Waals surface area contributed by atoms with Crippen LogP contribution in [-0.2, 0) is 14.8 Å². The zero-order valence-electron chi connectivity index (χ0n) is 14.9. The molecular formula is C19H22ClN3O3S. The van der Waals surface area contributed by atoms with Crippen LogP contribution in [0.1, 0.15) is 30.0 Å². The average molecular weight is 408 g/mol. The van der Waals surface area contributed by atoms with Crippen LogP contribution in [0.3, 0.4) is 0 Å². The van der Waals surface area contributed by atoms with E-state index in [-0.39, 0.29) is 23.4 Å². The molecule has 1 fully saturated rings. The van der Waals surface area contributed by atoms with Crippen molar-refractivity contribution in [2.75, 3.05) is 11.9 Å². The molecule has 0 spiro atoms. The molecule has 0 aromatic heterocycles. The average Bonchev–Trinajstić information content (AvgIpc) is 3.42. The van der Waals surface area contributed by atoms with Crippen LogP contribution in [0.2, 0.25) is 5.02 Å². The van der Waals surface area contributed by atoms with Gasteiger partial charge in [0.15, 0.2) is 0 Å². The fourth-order valence-corrected chi connectivity index (χ4v) is 3.98. The van der Waals surface area contributed by atoms with Crippen LogP contribution in [0.4, 0.5) is 5.69 Å². The lowest BCUT2D eigenvalue weighted by atomic mass is 10.0. The first-order chi connectivity index (χ1) is 12.7. The van der Waals surface area contributed by atoms with Crippen molar-refractivity contribution in [3.8, 4) is 0 Å². The molecule has 1 unspecified atom stereocenters. The number of aryl methyl sites for hydroxylation is 1. The highest BCUT2D eigenvalue weighted by Crippen LogP contribution is 2.41. The fraction of sp³-hybridized carbons (Fsp3) is 0.316. The lowest BCUT2D eigenvalue weighted by Crippen LogP contribution is -2.32. The van der Waals surface area contributed by atoms with E-state index in [0.29, 0.717) is 22.2 Å². The molecule has 144 valence electrons. The van der Waals surface area contributed by atoms with E-state index in [1.165, 1.54) is 6.07 Å². The summed E-state index contributed by atoms with van der Waals surface area (Å²) >= 11 is 5.95. The topological polar surface area (TPSA) is 101 Å². The second kappa shape index (κ2) is 7.98. The van der Waals surface area contributed by atoms with Crippen LogP contribution < -0.4 is 15.8 Å². The summed E-state index contributed by atoms with van der Waals surface area (Å²) in [6.07, 6.45) is 2.25. The third-order valence-corrected chi connectivity index (χ3v) is 5.89. The van der Waals surface area contributed by atoms with Crippen molar-refractivity contribution < 1.29 is 13.2 Å². The van der Waals surface area contributed by atoms with Crippen LogP contribution in [0.5, 0.6) is 0 Å². The van der Waals surface area contributed by atoms with Crippen LogP contribution in [0, 0.1) is 12.8 Å². The normalized spacial score (nSPS) is 15.4. The van der Waals surface area contributed by atoms with Gasteiger partial charge in [0.05, 0.1) is 11.4 Å². The molecule has 1 atom stereocenters. The summed E-state index contributed by atoms with van der Waals surface area (Å²) in [4.78, 5) is 12.3. The van der Waals surface area contributed by atoms with Crippen molar-refractivity contribution in [1.82, 2.24) is 5.32 Å². The quantitative estimate of drug-likeness (QED) is 0.656. The zero-order valence-corrected chi connectivity index (χ0v) is 16.5. The van der Waals surface area contributed by atoms with E-state index >= 15 is 0 Å². The summed E-state index contributed by atoms with van der Waals surface area (Å²) in [5.74, 6) is 0.256. The molecule has 0 heterocycles. The van der Waals surface area contributed by atoms with E-state index < -0.39 is 10.0 Å². The first kappa shape index (κ1) is 19.8. The first-order valence-electron chi connectivity index (χ1n) is 8.66. The Morgan fingerprint density at radius 1 is 1.22 bits per heavy atom. The molecule has 2 aromatic carbocycles. The number of carbonyl (C=O) groups excluding carboxylic acids is 1. The predicted octanol–water partition coefficient (Wildman–Crippen LogP) is 2.98. The minimum atomic E-state index is -3.84. The number of rotatable bonds is 7. The maximum atomic E-state index is 12.3. The van der Waals surface area contributed by atoms with Gasteiger partial charge in [-0.2, -0.15) is 0 Å². The Balaban J connectivity index is 1.64. The SMILES string of the molecule is Cc1ccc(NC(=O)CNC(c2ccc(Cl)cc2)C2CC2)cc1S(N)(=O)=O. The van der Waals surface area contributed by atoms with Gasteiger partial charge < -0.3 is 10.6 Å². The largest absolute Gasteiger partial charge is 0.325 e. The van der Waals surface area contributed by atoms with E-state index in [0.717, 1.165) is 18.4 Å². The van der Waals surface area contributed by atoms with Gasteiger partial charge >= 0.3 is 0 Å². The Hall–Kier alpha value is -1.93. The smallest absolute Gasteiger partial charge is 0.238 e. The molecule has 3 rings (SSSR count). The Kier molecular flexibility index (Phi) is 5.86. The second-order valence-electron chi connectivity index (χ2n) is 6.82. The number of hydrogen-bond donors (Lipinski definition) is 3. The number of anilines is 1.